The minimum absolute atomic E-state index is 0.189. The molecule has 0 unspecified atom stereocenters. The highest BCUT2D eigenvalue weighted by Gasteiger charge is 2.25. The van der Waals surface area contributed by atoms with Crippen LogP contribution in [0.5, 0.6) is 0 Å². The molecule has 1 aliphatic heterocycles. The largest absolute Gasteiger partial charge is 0.465 e. The summed E-state index contributed by atoms with van der Waals surface area (Å²) in [6.45, 7) is 0. The van der Waals surface area contributed by atoms with Crippen molar-refractivity contribution in [3.05, 3.63) is 47.7 Å². The third kappa shape index (κ3) is 2.10. The van der Waals surface area contributed by atoms with Crippen LogP contribution in [0.25, 0.3) is 0 Å². The van der Waals surface area contributed by atoms with E-state index >= 15 is 0 Å². The molecule has 0 radical (unpaired) electrons. The van der Waals surface area contributed by atoms with E-state index in [2.05, 4.69) is 10.3 Å². The van der Waals surface area contributed by atoms with Crippen molar-refractivity contribution in [1.82, 2.24) is 4.98 Å². The number of carbonyl (C=O) groups excluding carboxylic acids is 2. The first-order chi connectivity index (χ1) is 10.1. The standard InChI is InChI=1S/C15H13N3O3/c1-18-12-8-9(15(20)21-2)5-6-11(12)17-13-10(14(18)19)4-3-7-16-13/h3-8H,1-2H3,(H,16,17). The van der Waals surface area contributed by atoms with Gasteiger partial charge < -0.3 is 15.0 Å². The second-order valence-electron chi connectivity index (χ2n) is 4.61. The Hall–Kier alpha value is -2.89. The first kappa shape index (κ1) is 13.1. The fourth-order valence-corrected chi connectivity index (χ4v) is 2.25. The number of nitrogens with one attached hydrogen (secondary N) is 1. The Morgan fingerprint density at radius 2 is 2.14 bits per heavy atom. The van der Waals surface area contributed by atoms with Crippen molar-refractivity contribution < 1.29 is 14.3 Å². The van der Waals surface area contributed by atoms with Crippen molar-refractivity contribution in [1.29, 1.82) is 0 Å². The molecule has 0 atom stereocenters. The lowest BCUT2D eigenvalue weighted by Crippen LogP contribution is -2.25. The molecule has 0 saturated carbocycles. The molecule has 0 spiro atoms. The van der Waals surface area contributed by atoms with Gasteiger partial charge in [0.1, 0.15) is 5.82 Å². The van der Waals surface area contributed by atoms with Crippen LogP contribution in [-0.2, 0) is 4.74 Å². The Morgan fingerprint density at radius 3 is 2.90 bits per heavy atom. The zero-order valence-electron chi connectivity index (χ0n) is 11.6. The fourth-order valence-electron chi connectivity index (χ4n) is 2.25. The maximum absolute atomic E-state index is 12.5. The van der Waals surface area contributed by atoms with Gasteiger partial charge in [-0.2, -0.15) is 0 Å². The van der Waals surface area contributed by atoms with Crippen molar-refractivity contribution in [2.75, 3.05) is 24.4 Å². The fraction of sp³-hybridized carbons (Fsp3) is 0.133. The Morgan fingerprint density at radius 1 is 1.33 bits per heavy atom. The Labute approximate surface area is 121 Å². The predicted octanol–water partition coefficient (Wildman–Crippen LogP) is 2.20. The van der Waals surface area contributed by atoms with Gasteiger partial charge in [0.05, 0.1) is 29.6 Å². The van der Waals surface area contributed by atoms with E-state index in [9.17, 15) is 9.59 Å². The lowest BCUT2D eigenvalue weighted by molar-refractivity contribution is 0.0600. The molecule has 2 heterocycles. The molecule has 3 rings (SSSR count). The summed E-state index contributed by atoms with van der Waals surface area (Å²) in [7, 11) is 2.98. The highest BCUT2D eigenvalue weighted by atomic mass is 16.5. The lowest BCUT2D eigenvalue weighted by atomic mass is 10.1. The first-order valence-electron chi connectivity index (χ1n) is 6.34. The molecular formula is C15H13N3O3. The molecule has 6 nitrogen and oxygen atoms in total. The van der Waals surface area contributed by atoms with Crippen LogP contribution >= 0.6 is 0 Å². The summed E-state index contributed by atoms with van der Waals surface area (Å²) in [4.78, 5) is 29.8. The second-order valence-corrected chi connectivity index (χ2v) is 4.61. The molecule has 1 aromatic heterocycles. The van der Waals surface area contributed by atoms with Gasteiger partial charge in [0, 0.05) is 13.2 Å². The molecule has 1 amide bonds. The van der Waals surface area contributed by atoms with Crippen LogP contribution in [-0.4, -0.2) is 31.0 Å². The van der Waals surface area contributed by atoms with E-state index in [0.29, 0.717) is 28.3 Å². The minimum Gasteiger partial charge on any atom is -0.465 e. The van der Waals surface area contributed by atoms with Gasteiger partial charge in [-0.3, -0.25) is 4.79 Å². The summed E-state index contributed by atoms with van der Waals surface area (Å²) in [5.74, 6) is -0.135. The molecule has 106 valence electrons. The molecule has 1 aliphatic rings. The van der Waals surface area contributed by atoms with Gasteiger partial charge in [0.15, 0.2) is 0 Å². The zero-order valence-corrected chi connectivity index (χ0v) is 11.6. The summed E-state index contributed by atoms with van der Waals surface area (Å²) in [5, 5.41) is 3.12. The molecule has 21 heavy (non-hydrogen) atoms. The van der Waals surface area contributed by atoms with Crippen LogP contribution in [0.2, 0.25) is 0 Å². The van der Waals surface area contributed by atoms with Gasteiger partial charge in [0.2, 0.25) is 0 Å². The molecular weight excluding hydrogens is 270 g/mol. The number of fused-ring (bicyclic) bond motifs is 2. The van der Waals surface area contributed by atoms with Gasteiger partial charge in [-0.15, -0.1) is 0 Å². The smallest absolute Gasteiger partial charge is 0.337 e. The summed E-state index contributed by atoms with van der Waals surface area (Å²) in [6.07, 6.45) is 1.62. The Balaban J connectivity index is 2.14. The zero-order chi connectivity index (χ0) is 15.0. The average Bonchev–Trinajstić information content (AvgIpc) is 2.63. The number of esters is 1. The van der Waals surface area contributed by atoms with Crippen LogP contribution in [0.4, 0.5) is 17.2 Å². The van der Waals surface area contributed by atoms with E-state index in [1.165, 1.54) is 12.0 Å². The SMILES string of the molecule is COC(=O)c1ccc2c(c1)N(C)C(=O)c1cccnc1N2. The Kier molecular flexibility index (Phi) is 3.06. The predicted molar refractivity (Wildman–Crippen MR) is 78.0 cm³/mol. The van der Waals surface area contributed by atoms with Gasteiger partial charge in [0.25, 0.3) is 5.91 Å². The quantitative estimate of drug-likeness (QED) is 0.812. The van der Waals surface area contributed by atoms with E-state index in [4.69, 9.17) is 4.74 Å². The number of hydrogen-bond acceptors (Lipinski definition) is 5. The number of hydrogen-bond donors (Lipinski definition) is 1. The topological polar surface area (TPSA) is 71.5 Å². The van der Waals surface area contributed by atoms with E-state index < -0.39 is 5.97 Å². The van der Waals surface area contributed by atoms with Crippen LogP contribution in [0.1, 0.15) is 20.7 Å². The van der Waals surface area contributed by atoms with Crippen molar-refractivity contribution in [3.8, 4) is 0 Å². The number of aromatic nitrogens is 1. The van der Waals surface area contributed by atoms with Crippen molar-refractivity contribution in [3.63, 3.8) is 0 Å². The number of amides is 1. The van der Waals surface area contributed by atoms with Crippen LogP contribution in [0.3, 0.4) is 0 Å². The van der Waals surface area contributed by atoms with E-state index in [0.717, 1.165) is 0 Å². The maximum Gasteiger partial charge on any atom is 0.337 e. The Bertz CT molecular complexity index is 743. The number of benzene rings is 1. The van der Waals surface area contributed by atoms with Gasteiger partial charge in [-0.25, -0.2) is 9.78 Å². The van der Waals surface area contributed by atoms with Crippen LogP contribution in [0.15, 0.2) is 36.5 Å². The normalized spacial score (nSPS) is 12.9. The molecule has 0 saturated heterocycles. The first-order valence-corrected chi connectivity index (χ1v) is 6.34. The third-order valence-corrected chi connectivity index (χ3v) is 3.38. The number of carbonyl (C=O) groups is 2. The van der Waals surface area contributed by atoms with E-state index in [1.54, 1.807) is 43.6 Å². The van der Waals surface area contributed by atoms with Crippen molar-refractivity contribution >= 4 is 29.1 Å². The summed E-state index contributed by atoms with van der Waals surface area (Å²) >= 11 is 0. The number of pyridine rings is 1. The third-order valence-electron chi connectivity index (χ3n) is 3.38. The van der Waals surface area contributed by atoms with Crippen molar-refractivity contribution in [2.24, 2.45) is 0 Å². The average molecular weight is 283 g/mol. The summed E-state index contributed by atoms with van der Waals surface area (Å²) in [5.41, 5.74) is 2.17. The number of nitrogens with zero attached hydrogens (tertiary/aromatic N) is 2. The molecule has 6 heteroatoms. The van der Waals surface area contributed by atoms with Crippen LogP contribution in [0, 0.1) is 0 Å². The number of rotatable bonds is 1. The van der Waals surface area contributed by atoms with E-state index in [1.807, 2.05) is 0 Å². The molecule has 0 bridgehead atoms. The number of methoxy groups -OCH3 is 1. The molecule has 1 aromatic carbocycles. The molecule has 1 N–H and O–H groups in total. The van der Waals surface area contributed by atoms with Crippen molar-refractivity contribution in [2.45, 2.75) is 0 Å². The highest BCUT2D eigenvalue weighted by molar-refractivity contribution is 6.13. The van der Waals surface area contributed by atoms with Gasteiger partial charge >= 0.3 is 5.97 Å². The molecule has 0 fully saturated rings. The number of ether oxygens (including phenoxy) is 1. The van der Waals surface area contributed by atoms with E-state index in [-0.39, 0.29) is 5.91 Å². The summed E-state index contributed by atoms with van der Waals surface area (Å²) in [6, 6.07) is 8.42. The second kappa shape index (κ2) is 4.90. The highest BCUT2D eigenvalue weighted by Crippen LogP contribution is 2.34. The van der Waals surface area contributed by atoms with Gasteiger partial charge in [-0.05, 0) is 30.3 Å². The molecule has 0 aliphatic carbocycles. The lowest BCUT2D eigenvalue weighted by Gasteiger charge is -2.17. The minimum atomic E-state index is -0.446. The summed E-state index contributed by atoms with van der Waals surface area (Å²) < 4.78 is 4.71. The molecule has 2 aromatic rings. The van der Waals surface area contributed by atoms with Gasteiger partial charge in [-0.1, -0.05) is 0 Å². The maximum atomic E-state index is 12.5. The van der Waals surface area contributed by atoms with Crippen LogP contribution < -0.4 is 10.2 Å². The monoisotopic (exact) mass is 283 g/mol. The number of anilines is 3.